The Morgan fingerprint density at radius 1 is 1.17 bits per heavy atom. The predicted molar refractivity (Wildman–Crippen MR) is 117 cm³/mol. The van der Waals surface area contributed by atoms with Crippen LogP contribution >= 0.6 is 0 Å². The number of carbonyl (C=O) groups is 2. The maximum absolute atomic E-state index is 13.0. The lowest BCUT2D eigenvalue weighted by Gasteiger charge is -2.40. The molecule has 2 heterocycles. The molecule has 0 radical (unpaired) electrons. The summed E-state index contributed by atoms with van der Waals surface area (Å²) in [5.41, 5.74) is 4.65. The maximum Gasteiger partial charge on any atom is 0.231 e. The third kappa shape index (κ3) is 3.21. The smallest absolute Gasteiger partial charge is 0.231 e. The van der Waals surface area contributed by atoms with Gasteiger partial charge in [-0.2, -0.15) is 0 Å². The predicted octanol–water partition coefficient (Wildman–Crippen LogP) is 3.82. The van der Waals surface area contributed by atoms with Gasteiger partial charge in [-0.05, 0) is 56.5 Å². The fourth-order valence-corrected chi connectivity index (χ4v) is 5.02. The maximum atomic E-state index is 13.0. The third-order valence-corrected chi connectivity index (χ3v) is 6.51. The SMILES string of the molecule is CCCC(=O)n1cc2c3c(cccc31)C1=C[C@@H](C(=O)N(CC)CC)CN(C)C1C2. The molecular weight excluding hydrogens is 362 g/mol. The Bertz CT molecular complexity index is 983. The molecule has 1 aromatic carbocycles. The van der Waals surface area contributed by atoms with Crippen molar-refractivity contribution in [2.75, 3.05) is 26.7 Å². The summed E-state index contributed by atoms with van der Waals surface area (Å²) in [7, 11) is 2.12. The molecule has 2 atom stereocenters. The van der Waals surface area contributed by atoms with E-state index in [1.807, 2.05) is 48.6 Å². The fraction of sp³-hybridized carbons (Fsp3) is 0.500. The number of aromatic nitrogens is 1. The highest BCUT2D eigenvalue weighted by atomic mass is 16.2. The summed E-state index contributed by atoms with van der Waals surface area (Å²) in [5.74, 6) is 0.246. The van der Waals surface area contributed by atoms with E-state index in [4.69, 9.17) is 0 Å². The molecule has 1 unspecified atom stereocenters. The first-order valence-corrected chi connectivity index (χ1v) is 10.9. The van der Waals surface area contributed by atoms with Crippen molar-refractivity contribution in [1.82, 2.24) is 14.4 Å². The van der Waals surface area contributed by atoms with Gasteiger partial charge in [-0.3, -0.25) is 19.1 Å². The lowest BCUT2D eigenvalue weighted by Crippen LogP contribution is -2.47. The summed E-state index contributed by atoms with van der Waals surface area (Å²) < 4.78 is 1.84. The van der Waals surface area contributed by atoms with Crippen LogP contribution in [0.1, 0.15) is 49.5 Å². The van der Waals surface area contributed by atoms with Gasteiger partial charge in [0.2, 0.25) is 11.8 Å². The van der Waals surface area contributed by atoms with Gasteiger partial charge in [0.05, 0.1) is 11.4 Å². The zero-order valence-corrected chi connectivity index (χ0v) is 17.9. The fourth-order valence-electron chi connectivity index (χ4n) is 5.02. The van der Waals surface area contributed by atoms with E-state index < -0.39 is 0 Å². The van der Waals surface area contributed by atoms with E-state index in [9.17, 15) is 9.59 Å². The number of hydrogen-bond donors (Lipinski definition) is 0. The summed E-state index contributed by atoms with van der Waals surface area (Å²) >= 11 is 0. The molecule has 2 aliphatic rings. The zero-order chi connectivity index (χ0) is 20.7. The van der Waals surface area contributed by atoms with Crippen LogP contribution in [-0.2, 0) is 11.2 Å². The lowest BCUT2D eigenvalue weighted by molar-refractivity contribution is -0.134. The third-order valence-electron chi connectivity index (χ3n) is 6.51. The van der Waals surface area contributed by atoms with E-state index in [1.54, 1.807) is 0 Å². The van der Waals surface area contributed by atoms with Crippen LogP contribution in [-0.4, -0.2) is 58.9 Å². The zero-order valence-electron chi connectivity index (χ0n) is 17.9. The summed E-state index contributed by atoms with van der Waals surface area (Å²) in [4.78, 5) is 29.9. The Kier molecular flexibility index (Phi) is 5.34. The van der Waals surface area contributed by atoms with Gasteiger partial charge in [0.25, 0.3) is 0 Å². The molecule has 0 bridgehead atoms. The Labute approximate surface area is 173 Å². The summed E-state index contributed by atoms with van der Waals surface area (Å²) in [5, 5.41) is 1.18. The molecular formula is C24H31N3O2. The quantitative estimate of drug-likeness (QED) is 0.776. The second-order valence-corrected chi connectivity index (χ2v) is 8.27. The van der Waals surface area contributed by atoms with Crippen LogP contribution in [0.3, 0.4) is 0 Å². The molecule has 0 fully saturated rings. The van der Waals surface area contributed by atoms with Crippen LogP contribution in [0.2, 0.25) is 0 Å². The van der Waals surface area contributed by atoms with E-state index in [0.717, 1.165) is 38.0 Å². The number of fused-ring (bicyclic) bond motifs is 2. The molecule has 29 heavy (non-hydrogen) atoms. The van der Waals surface area contributed by atoms with Crippen molar-refractivity contribution in [3.63, 3.8) is 0 Å². The standard InChI is InChI=1S/C24H31N3O2/c1-5-9-22(28)27-15-16-13-21-19(18-10-8-11-20(27)23(16)18)12-17(14-25(21)4)24(29)26(6-2)7-3/h8,10-12,15,17,21H,5-7,9,13-14H2,1-4H3/t17-,21?/m1/s1. The first-order valence-electron chi connectivity index (χ1n) is 10.9. The molecule has 1 aromatic heterocycles. The highest BCUT2D eigenvalue weighted by molar-refractivity contribution is 6.03. The van der Waals surface area contributed by atoms with E-state index in [0.29, 0.717) is 6.42 Å². The average Bonchev–Trinajstić information content (AvgIpc) is 3.10. The second-order valence-electron chi connectivity index (χ2n) is 8.27. The average molecular weight is 394 g/mol. The first kappa shape index (κ1) is 19.9. The van der Waals surface area contributed by atoms with Crippen LogP contribution in [0.25, 0.3) is 16.5 Å². The van der Waals surface area contributed by atoms with Crippen LogP contribution in [0, 0.1) is 5.92 Å². The van der Waals surface area contributed by atoms with Gasteiger partial charge in [0, 0.05) is 43.7 Å². The van der Waals surface area contributed by atoms with Gasteiger partial charge in [-0.1, -0.05) is 25.1 Å². The lowest BCUT2D eigenvalue weighted by atomic mass is 9.79. The number of benzene rings is 1. The van der Waals surface area contributed by atoms with Gasteiger partial charge in [-0.15, -0.1) is 0 Å². The van der Waals surface area contributed by atoms with Crippen LogP contribution in [0.15, 0.2) is 30.5 Å². The molecule has 154 valence electrons. The summed E-state index contributed by atoms with van der Waals surface area (Å²) in [6.45, 7) is 8.33. The second kappa shape index (κ2) is 7.79. The first-order chi connectivity index (χ1) is 14.0. The van der Waals surface area contributed by atoms with Crippen LogP contribution in [0.4, 0.5) is 0 Å². The molecule has 0 saturated heterocycles. The van der Waals surface area contributed by atoms with Crippen molar-refractivity contribution >= 4 is 28.3 Å². The van der Waals surface area contributed by atoms with Crippen LogP contribution in [0.5, 0.6) is 0 Å². The van der Waals surface area contributed by atoms with Crippen molar-refractivity contribution in [3.8, 4) is 0 Å². The van der Waals surface area contributed by atoms with E-state index >= 15 is 0 Å². The molecule has 2 aromatic rings. The highest BCUT2D eigenvalue weighted by Crippen LogP contribution is 2.41. The molecule has 1 aliphatic carbocycles. The minimum atomic E-state index is -0.119. The highest BCUT2D eigenvalue weighted by Gasteiger charge is 2.37. The largest absolute Gasteiger partial charge is 0.343 e. The van der Waals surface area contributed by atoms with E-state index in [2.05, 4.69) is 24.1 Å². The van der Waals surface area contributed by atoms with E-state index in [1.165, 1.54) is 22.1 Å². The number of amides is 1. The van der Waals surface area contributed by atoms with Crippen molar-refractivity contribution in [3.05, 3.63) is 41.6 Å². The van der Waals surface area contributed by atoms with Gasteiger partial charge >= 0.3 is 0 Å². The number of likely N-dealkylation sites (N-methyl/N-ethyl adjacent to an activating group) is 1. The molecule has 1 amide bonds. The van der Waals surface area contributed by atoms with Gasteiger partial charge in [0.1, 0.15) is 0 Å². The van der Waals surface area contributed by atoms with Gasteiger partial charge < -0.3 is 4.90 Å². The molecule has 0 spiro atoms. The number of hydrogen-bond acceptors (Lipinski definition) is 3. The number of rotatable bonds is 5. The molecule has 1 aliphatic heterocycles. The number of nitrogens with zero attached hydrogens (tertiary/aromatic N) is 3. The van der Waals surface area contributed by atoms with Crippen LogP contribution < -0.4 is 0 Å². The monoisotopic (exact) mass is 393 g/mol. The molecule has 5 nitrogen and oxygen atoms in total. The molecule has 0 saturated carbocycles. The molecule has 5 heteroatoms. The van der Waals surface area contributed by atoms with Crippen molar-refractivity contribution < 1.29 is 9.59 Å². The van der Waals surface area contributed by atoms with Gasteiger partial charge in [-0.25, -0.2) is 0 Å². The van der Waals surface area contributed by atoms with Crippen molar-refractivity contribution in [1.29, 1.82) is 0 Å². The van der Waals surface area contributed by atoms with Gasteiger partial charge in [0.15, 0.2) is 0 Å². The Morgan fingerprint density at radius 3 is 2.62 bits per heavy atom. The number of carbonyl (C=O) groups excluding carboxylic acids is 2. The Morgan fingerprint density at radius 2 is 1.93 bits per heavy atom. The van der Waals surface area contributed by atoms with E-state index in [-0.39, 0.29) is 23.8 Å². The van der Waals surface area contributed by atoms with Crippen molar-refractivity contribution in [2.45, 2.75) is 46.1 Å². The topological polar surface area (TPSA) is 45.6 Å². The Hall–Kier alpha value is -2.40. The van der Waals surface area contributed by atoms with Crippen molar-refractivity contribution in [2.24, 2.45) is 5.92 Å². The summed E-state index contributed by atoms with van der Waals surface area (Å²) in [6, 6.07) is 6.49. The minimum Gasteiger partial charge on any atom is -0.343 e. The normalized spacial score (nSPS) is 21.0. The summed E-state index contributed by atoms with van der Waals surface area (Å²) in [6.07, 6.45) is 6.53. The molecule has 0 N–H and O–H groups in total. The minimum absolute atomic E-state index is 0.119. The molecule has 4 rings (SSSR count). The Balaban J connectivity index is 1.81.